The lowest BCUT2D eigenvalue weighted by Gasteiger charge is -2.32. The topological polar surface area (TPSA) is 20.2 Å². The van der Waals surface area contributed by atoms with Crippen LogP contribution in [0.4, 0.5) is 26.3 Å². The van der Waals surface area contributed by atoms with Gasteiger partial charge in [0.15, 0.2) is 14.7 Å². The molecule has 3 aromatic rings. The third-order valence-electron chi connectivity index (χ3n) is 4.27. The van der Waals surface area contributed by atoms with Crippen LogP contribution in [0.5, 0.6) is 0 Å². The predicted molar refractivity (Wildman–Crippen MR) is 97.5 cm³/mol. The second-order valence-corrected chi connectivity index (χ2v) is 8.19. The highest BCUT2D eigenvalue weighted by Gasteiger charge is 2.71. The van der Waals surface area contributed by atoms with E-state index in [0.717, 1.165) is 21.9 Å². The van der Waals surface area contributed by atoms with Gasteiger partial charge in [-0.1, -0.05) is 48.5 Å². The van der Waals surface area contributed by atoms with Crippen LogP contribution in [0.2, 0.25) is 0 Å². The molecule has 0 aromatic heterocycles. The summed E-state index contributed by atoms with van der Waals surface area (Å²) >= 11 is 0. The smallest absolute Gasteiger partial charge is 0.369 e. The molecule has 0 radical (unpaired) electrons. The molecule has 0 aliphatic heterocycles. The van der Waals surface area contributed by atoms with Gasteiger partial charge in [0.05, 0.1) is 10.9 Å². The van der Waals surface area contributed by atoms with Gasteiger partial charge in [0.1, 0.15) is 0 Å². The van der Waals surface area contributed by atoms with Crippen LogP contribution in [0.1, 0.15) is 5.56 Å². The Morgan fingerprint density at radius 3 is 1.38 bits per heavy atom. The van der Waals surface area contributed by atoms with Crippen LogP contribution in [0.25, 0.3) is 0 Å². The molecule has 0 saturated carbocycles. The average Bonchev–Trinajstić information content (AvgIpc) is 2.68. The summed E-state index contributed by atoms with van der Waals surface area (Å²) in [4.78, 5) is 1.67. The molecule has 152 valence electrons. The van der Waals surface area contributed by atoms with Gasteiger partial charge in [0, 0.05) is 11.6 Å². The Labute approximate surface area is 166 Å². The molecule has 0 amide bonds. The number of alkyl halides is 6. The Balaban J connectivity index is 2.20. The summed E-state index contributed by atoms with van der Waals surface area (Å²) in [6.45, 7) is 0. The standard InChI is InChI=1S/C21H15F6OS/c22-20(23,24)19(28,21(25,26)27)15-8-7-13-18(14-15)29(16-9-3-1-4-10-16)17-11-5-2-6-12-17/h1-14,28H/q+1. The van der Waals surface area contributed by atoms with Crippen molar-refractivity contribution >= 4 is 10.9 Å². The zero-order chi connectivity index (χ0) is 21.3. The molecular formula is C21H15F6OS+. The summed E-state index contributed by atoms with van der Waals surface area (Å²) < 4.78 is 79.8. The molecule has 1 N–H and O–H groups in total. The predicted octanol–water partition coefficient (Wildman–Crippen LogP) is 6.09. The summed E-state index contributed by atoms with van der Waals surface area (Å²) in [6.07, 6.45) is -11.9. The van der Waals surface area contributed by atoms with E-state index in [1.807, 2.05) is 0 Å². The zero-order valence-corrected chi connectivity index (χ0v) is 15.5. The van der Waals surface area contributed by atoms with Crippen molar-refractivity contribution < 1.29 is 31.4 Å². The first-order valence-corrected chi connectivity index (χ1v) is 9.59. The van der Waals surface area contributed by atoms with Crippen molar-refractivity contribution in [3.05, 3.63) is 90.5 Å². The molecule has 0 atom stereocenters. The van der Waals surface area contributed by atoms with E-state index >= 15 is 0 Å². The van der Waals surface area contributed by atoms with E-state index in [0.29, 0.717) is 6.07 Å². The Bertz CT molecular complexity index is 901. The molecule has 0 unspecified atom stereocenters. The first-order chi connectivity index (χ1) is 13.6. The minimum atomic E-state index is -5.93. The third kappa shape index (κ3) is 4.00. The van der Waals surface area contributed by atoms with Crippen LogP contribution in [0.15, 0.2) is 99.6 Å². The summed E-state index contributed by atoms with van der Waals surface area (Å²) in [5, 5.41) is 9.76. The Hall–Kier alpha value is -2.45. The van der Waals surface area contributed by atoms with Gasteiger partial charge >= 0.3 is 12.4 Å². The maximum Gasteiger partial charge on any atom is 0.430 e. The van der Waals surface area contributed by atoms with Crippen molar-refractivity contribution in [3.8, 4) is 0 Å². The van der Waals surface area contributed by atoms with Crippen LogP contribution in [-0.4, -0.2) is 17.5 Å². The quantitative estimate of drug-likeness (QED) is 0.393. The van der Waals surface area contributed by atoms with E-state index in [2.05, 4.69) is 0 Å². The van der Waals surface area contributed by atoms with Gasteiger partial charge in [-0.3, -0.25) is 0 Å². The number of aliphatic hydroxyl groups is 1. The normalized spacial score (nSPS) is 13.0. The summed E-state index contributed by atoms with van der Waals surface area (Å²) in [5.74, 6) is 0. The van der Waals surface area contributed by atoms with Gasteiger partial charge in [-0.05, 0) is 30.3 Å². The highest BCUT2D eigenvalue weighted by Crippen LogP contribution is 2.50. The molecule has 0 spiro atoms. The highest BCUT2D eigenvalue weighted by molar-refractivity contribution is 7.97. The van der Waals surface area contributed by atoms with E-state index < -0.39 is 34.4 Å². The van der Waals surface area contributed by atoms with Crippen LogP contribution < -0.4 is 0 Å². The number of rotatable bonds is 4. The lowest BCUT2D eigenvalue weighted by Crippen LogP contribution is -2.53. The van der Waals surface area contributed by atoms with Crippen LogP contribution >= 0.6 is 0 Å². The third-order valence-corrected chi connectivity index (χ3v) is 6.48. The lowest BCUT2D eigenvalue weighted by molar-refractivity contribution is -0.376. The molecule has 0 bridgehead atoms. The lowest BCUT2D eigenvalue weighted by atomic mass is 9.92. The van der Waals surface area contributed by atoms with Crippen molar-refractivity contribution in [2.24, 2.45) is 0 Å². The molecule has 0 aliphatic carbocycles. The molecule has 1 nitrogen and oxygen atoms in total. The molecule has 3 rings (SSSR count). The van der Waals surface area contributed by atoms with E-state index in [9.17, 15) is 31.4 Å². The first-order valence-electron chi connectivity index (χ1n) is 8.36. The maximum atomic E-state index is 13.3. The van der Waals surface area contributed by atoms with Crippen molar-refractivity contribution in [1.82, 2.24) is 0 Å². The molecule has 0 saturated heterocycles. The number of halogens is 6. The van der Waals surface area contributed by atoms with Crippen LogP contribution in [0, 0.1) is 0 Å². The molecule has 3 aromatic carbocycles. The Morgan fingerprint density at radius 1 is 0.552 bits per heavy atom. The van der Waals surface area contributed by atoms with Crippen molar-refractivity contribution in [1.29, 1.82) is 0 Å². The maximum absolute atomic E-state index is 13.3. The van der Waals surface area contributed by atoms with Gasteiger partial charge in [0.25, 0.3) is 5.60 Å². The number of hydrogen-bond donors (Lipinski definition) is 1. The monoisotopic (exact) mass is 429 g/mol. The fourth-order valence-corrected chi connectivity index (χ4v) is 4.99. The fourth-order valence-electron chi connectivity index (χ4n) is 2.86. The SMILES string of the molecule is OC(c1cccc([S+](c2ccccc2)c2ccccc2)c1)(C(F)(F)F)C(F)(F)F. The summed E-state index contributed by atoms with van der Waals surface area (Å²) in [6, 6.07) is 21.5. The summed E-state index contributed by atoms with van der Waals surface area (Å²) in [5.41, 5.74) is -6.22. The second kappa shape index (κ2) is 7.76. The van der Waals surface area contributed by atoms with Crippen molar-refractivity contribution in [3.63, 3.8) is 0 Å². The van der Waals surface area contributed by atoms with Gasteiger partial charge in [-0.25, -0.2) is 0 Å². The average molecular weight is 429 g/mol. The second-order valence-electron chi connectivity index (χ2n) is 6.17. The van der Waals surface area contributed by atoms with Gasteiger partial charge < -0.3 is 5.11 Å². The molecule has 0 fully saturated rings. The minimum absolute atomic E-state index is 0.229. The van der Waals surface area contributed by atoms with E-state index in [1.165, 1.54) is 6.07 Å². The van der Waals surface area contributed by atoms with Gasteiger partial charge in [-0.2, -0.15) is 26.3 Å². The Morgan fingerprint density at radius 2 is 0.966 bits per heavy atom. The van der Waals surface area contributed by atoms with E-state index in [-0.39, 0.29) is 4.90 Å². The van der Waals surface area contributed by atoms with E-state index in [4.69, 9.17) is 0 Å². The minimum Gasteiger partial charge on any atom is -0.369 e. The van der Waals surface area contributed by atoms with Crippen LogP contribution in [0.3, 0.4) is 0 Å². The zero-order valence-electron chi connectivity index (χ0n) is 14.7. The van der Waals surface area contributed by atoms with Gasteiger partial charge in [0.2, 0.25) is 0 Å². The van der Waals surface area contributed by atoms with E-state index in [1.54, 1.807) is 60.7 Å². The Kier molecular flexibility index (Phi) is 5.69. The first kappa shape index (κ1) is 21.3. The molecule has 8 heteroatoms. The van der Waals surface area contributed by atoms with Gasteiger partial charge in [-0.15, -0.1) is 0 Å². The highest BCUT2D eigenvalue weighted by atomic mass is 32.2. The van der Waals surface area contributed by atoms with Crippen molar-refractivity contribution in [2.75, 3.05) is 0 Å². The molecule has 0 aliphatic rings. The van der Waals surface area contributed by atoms with Crippen LogP contribution in [-0.2, 0) is 16.5 Å². The number of hydrogen-bond acceptors (Lipinski definition) is 1. The molecular weight excluding hydrogens is 414 g/mol. The number of benzene rings is 3. The fraction of sp³-hybridized carbons (Fsp3) is 0.143. The largest absolute Gasteiger partial charge is 0.430 e. The van der Waals surface area contributed by atoms with Crippen molar-refractivity contribution in [2.45, 2.75) is 32.6 Å². The molecule has 0 heterocycles. The molecule has 29 heavy (non-hydrogen) atoms. The summed E-state index contributed by atoms with van der Waals surface area (Å²) in [7, 11) is -0.959.